The van der Waals surface area contributed by atoms with E-state index in [0.717, 1.165) is 67.1 Å². The summed E-state index contributed by atoms with van der Waals surface area (Å²) in [6.45, 7) is 6.55. The molecule has 0 aliphatic carbocycles. The number of hydrogen-bond donors (Lipinski definition) is 2. The number of aliphatic hydroxyl groups excluding tert-OH is 2. The number of benzene rings is 2. The van der Waals surface area contributed by atoms with Crippen molar-refractivity contribution in [3.8, 4) is 12.1 Å². The molecule has 0 aliphatic heterocycles. The average molecular weight is 713 g/mol. The SMILES string of the molecule is CN(C)CC#N.C[N+](C)(CC#N)CCCCCCO.Cc1ccc(S(=O)(=O)OCCCCCCO)cc1.Cc1ccc(S(=O)(=O)[O-])cc1. The summed E-state index contributed by atoms with van der Waals surface area (Å²) in [5.74, 6) is 0. The van der Waals surface area contributed by atoms with Crippen LogP contribution in [0.15, 0.2) is 58.3 Å². The van der Waals surface area contributed by atoms with Crippen molar-refractivity contribution < 1.29 is 40.3 Å². The van der Waals surface area contributed by atoms with E-state index >= 15 is 0 Å². The van der Waals surface area contributed by atoms with Crippen LogP contribution in [0.1, 0.15) is 62.5 Å². The van der Waals surface area contributed by atoms with Crippen molar-refractivity contribution in [3.05, 3.63) is 59.7 Å². The number of aliphatic hydroxyl groups is 2. The number of rotatable bonds is 17. The Kier molecular flexibility index (Phi) is 26.5. The maximum Gasteiger partial charge on any atom is 0.296 e. The Morgan fingerprint density at radius 3 is 1.54 bits per heavy atom. The zero-order valence-electron chi connectivity index (χ0n) is 29.5. The van der Waals surface area contributed by atoms with E-state index in [4.69, 9.17) is 24.9 Å². The molecular formula is C34H56N4O8S2. The quantitative estimate of drug-likeness (QED) is 0.0779. The minimum Gasteiger partial charge on any atom is -0.744 e. The molecule has 0 heterocycles. The Bertz CT molecular complexity index is 1400. The van der Waals surface area contributed by atoms with Crippen molar-refractivity contribution in [1.82, 2.24) is 4.90 Å². The summed E-state index contributed by atoms with van der Waals surface area (Å²) in [5.41, 5.74) is 1.94. The molecule has 12 nitrogen and oxygen atoms in total. The van der Waals surface area contributed by atoms with Gasteiger partial charge in [0.1, 0.15) is 16.2 Å². The lowest BCUT2D eigenvalue weighted by Gasteiger charge is -2.26. The van der Waals surface area contributed by atoms with Crippen molar-refractivity contribution in [2.24, 2.45) is 0 Å². The third-order valence-electron chi connectivity index (χ3n) is 6.47. The van der Waals surface area contributed by atoms with E-state index < -0.39 is 20.2 Å². The average Bonchev–Trinajstić information content (AvgIpc) is 3.00. The van der Waals surface area contributed by atoms with Gasteiger partial charge in [0.05, 0.1) is 49.7 Å². The van der Waals surface area contributed by atoms with Gasteiger partial charge in [-0.2, -0.15) is 18.9 Å². The Labute approximate surface area is 289 Å². The molecule has 14 heteroatoms. The monoisotopic (exact) mass is 712 g/mol. The standard InChI is InChI=1S/C13H20O4S.C10H21N2O.C7H8O3S.C4H8N2/c1-12-6-8-13(9-7-12)18(15,16)17-11-5-3-2-4-10-14;1-12(2,9-7-11)8-5-3-4-6-10-13;1-6-2-4-7(5-3-6)11(8,9)10;1-6(2)4-3-5/h6-9,14H,2-5,10-11H2,1H3;13H,3-6,8-10H2,1-2H3;2-5H,1H3,(H,8,9,10);4H2,1-2H3/q;+1;;/p-1. The lowest BCUT2D eigenvalue weighted by molar-refractivity contribution is -0.883. The number of nitrogens with zero attached hydrogens (tertiary/aromatic N) is 4. The molecule has 0 bridgehead atoms. The largest absolute Gasteiger partial charge is 0.744 e. The molecule has 0 atom stereocenters. The van der Waals surface area contributed by atoms with Crippen LogP contribution in [-0.4, -0.2) is 109 Å². The second-order valence-corrected chi connectivity index (χ2v) is 15.0. The van der Waals surface area contributed by atoms with Gasteiger partial charge in [0, 0.05) is 13.2 Å². The van der Waals surface area contributed by atoms with Crippen LogP contribution < -0.4 is 0 Å². The van der Waals surface area contributed by atoms with Crippen molar-refractivity contribution >= 4 is 20.2 Å². The van der Waals surface area contributed by atoms with Gasteiger partial charge in [-0.1, -0.05) is 54.7 Å². The van der Waals surface area contributed by atoms with E-state index in [-0.39, 0.29) is 23.0 Å². The summed E-state index contributed by atoms with van der Waals surface area (Å²) in [5, 5.41) is 33.6. The van der Waals surface area contributed by atoms with Gasteiger partial charge in [-0.05, 0) is 84.3 Å². The van der Waals surface area contributed by atoms with Gasteiger partial charge in [0.15, 0.2) is 6.54 Å². The molecule has 0 aromatic heterocycles. The Hall–Kier alpha value is -2.92. The first-order chi connectivity index (χ1) is 22.5. The molecule has 272 valence electrons. The summed E-state index contributed by atoms with van der Waals surface area (Å²) in [6, 6.07) is 16.6. The molecule has 0 unspecified atom stereocenters. The molecule has 0 aliphatic rings. The molecule has 2 N–H and O–H groups in total. The summed E-state index contributed by atoms with van der Waals surface area (Å²) >= 11 is 0. The van der Waals surface area contributed by atoms with Crippen LogP contribution in [0.3, 0.4) is 0 Å². The number of aryl methyl sites for hydroxylation is 2. The van der Waals surface area contributed by atoms with E-state index in [9.17, 15) is 21.4 Å². The molecule has 0 amide bonds. The molecule has 0 saturated heterocycles. The highest BCUT2D eigenvalue weighted by Gasteiger charge is 2.14. The predicted octanol–water partition coefficient (Wildman–Crippen LogP) is 4.36. The molecular weight excluding hydrogens is 657 g/mol. The van der Waals surface area contributed by atoms with Gasteiger partial charge in [0.25, 0.3) is 10.1 Å². The second-order valence-electron chi connectivity index (χ2n) is 12.0. The molecule has 2 rings (SSSR count). The zero-order chi connectivity index (χ0) is 37.1. The topological polar surface area (TPSA) is 192 Å². The fraction of sp³-hybridized carbons (Fsp3) is 0.588. The maximum absolute atomic E-state index is 11.8. The van der Waals surface area contributed by atoms with Crippen molar-refractivity contribution in [2.75, 3.05) is 67.6 Å². The highest BCUT2D eigenvalue weighted by molar-refractivity contribution is 7.86. The van der Waals surface area contributed by atoms with E-state index in [1.165, 1.54) is 12.1 Å². The Morgan fingerprint density at radius 2 is 1.17 bits per heavy atom. The molecule has 0 fully saturated rings. The van der Waals surface area contributed by atoms with Crippen molar-refractivity contribution in [2.45, 2.75) is 75.0 Å². The summed E-state index contributed by atoms with van der Waals surface area (Å²) in [7, 11) is -0.00287. The van der Waals surface area contributed by atoms with E-state index in [1.54, 1.807) is 36.4 Å². The van der Waals surface area contributed by atoms with Crippen LogP contribution in [0.5, 0.6) is 0 Å². The Morgan fingerprint density at radius 1 is 0.729 bits per heavy atom. The molecule has 48 heavy (non-hydrogen) atoms. The fourth-order valence-corrected chi connectivity index (χ4v) is 5.04. The van der Waals surface area contributed by atoms with E-state index in [2.05, 4.69) is 20.2 Å². The van der Waals surface area contributed by atoms with Crippen molar-refractivity contribution in [1.29, 1.82) is 10.5 Å². The number of nitriles is 2. The van der Waals surface area contributed by atoms with E-state index in [0.29, 0.717) is 26.1 Å². The molecule has 2 aromatic carbocycles. The summed E-state index contributed by atoms with van der Waals surface area (Å²) in [4.78, 5) is 1.84. The lowest BCUT2D eigenvalue weighted by Crippen LogP contribution is -2.40. The summed E-state index contributed by atoms with van der Waals surface area (Å²) < 4.78 is 60.4. The Balaban J connectivity index is 0. The van der Waals surface area contributed by atoms with Gasteiger partial charge in [0.2, 0.25) is 0 Å². The third kappa shape index (κ3) is 27.1. The molecule has 0 saturated carbocycles. The van der Waals surface area contributed by atoms with Gasteiger partial charge < -0.3 is 19.2 Å². The first-order valence-electron chi connectivity index (χ1n) is 15.9. The van der Waals surface area contributed by atoms with Crippen LogP contribution in [0, 0.1) is 36.5 Å². The van der Waals surface area contributed by atoms with Gasteiger partial charge in [-0.25, -0.2) is 8.42 Å². The molecule has 2 aromatic rings. The van der Waals surface area contributed by atoms with Gasteiger partial charge in [-0.3, -0.25) is 9.08 Å². The minimum atomic E-state index is -4.27. The zero-order valence-corrected chi connectivity index (χ0v) is 31.1. The van der Waals surface area contributed by atoms with Crippen LogP contribution >= 0.6 is 0 Å². The van der Waals surface area contributed by atoms with Crippen LogP contribution in [0.4, 0.5) is 0 Å². The van der Waals surface area contributed by atoms with Crippen LogP contribution in [-0.2, 0) is 24.4 Å². The smallest absolute Gasteiger partial charge is 0.296 e. The van der Waals surface area contributed by atoms with Gasteiger partial charge in [-0.15, -0.1) is 0 Å². The first-order valence-corrected chi connectivity index (χ1v) is 18.7. The highest BCUT2D eigenvalue weighted by Crippen LogP contribution is 2.14. The lowest BCUT2D eigenvalue weighted by atomic mass is 10.2. The van der Waals surface area contributed by atoms with Gasteiger partial charge >= 0.3 is 0 Å². The predicted molar refractivity (Wildman–Crippen MR) is 186 cm³/mol. The van der Waals surface area contributed by atoms with E-state index in [1.807, 2.05) is 38.9 Å². The summed E-state index contributed by atoms with van der Waals surface area (Å²) in [6.07, 6.45) is 7.52. The second kappa shape index (κ2) is 27.0. The fourth-order valence-electron chi connectivity index (χ4n) is 3.63. The number of unbranched alkanes of at least 4 members (excludes halogenated alkanes) is 6. The van der Waals surface area contributed by atoms with Crippen molar-refractivity contribution in [3.63, 3.8) is 0 Å². The number of quaternary nitrogens is 1. The third-order valence-corrected chi connectivity index (χ3v) is 8.64. The minimum absolute atomic E-state index is 0.178. The normalized spacial score (nSPS) is 11.1. The van der Waals surface area contributed by atoms with Crippen LogP contribution in [0.25, 0.3) is 0 Å². The number of hydrogen-bond acceptors (Lipinski definition) is 11. The highest BCUT2D eigenvalue weighted by atomic mass is 32.2. The maximum atomic E-state index is 11.8. The first kappa shape index (κ1) is 47.2. The van der Waals surface area contributed by atoms with Crippen LogP contribution in [0.2, 0.25) is 0 Å². The molecule has 0 spiro atoms. The molecule has 0 radical (unpaired) electrons.